The Labute approximate surface area is 227 Å². The molecule has 0 unspecified atom stereocenters. The predicted octanol–water partition coefficient (Wildman–Crippen LogP) is 5.31. The summed E-state index contributed by atoms with van der Waals surface area (Å²) in [5, 5.41) is 16.0. The van der Waals surface area contributed by atoms with Gasteiger partial charge in [0, 0.05) is 11.6 Å². The van der Waals surface area contributed by atoms with E-state index >= 15 is 0 Å². The SMILES string of the molecule is Nc1cccc(O)c1N.Nc1cccc(Oc2cc(-c3ccc(C(F)(F)F)cc3)ncn2)c1N.O=C(O)C(F)(F)F. The van der Waals surface area contributed by atoms with E-state index in [0.29, 0.717) is 28.4 Å². The van der Waals surface area contributed by atoms with Crippen LogP contribution in [-0.2, 0) is 11.0 Å². The van der Waals surface area contributed by atoms with Gasteiger partial charge in [0.1, 0.15) is 12.1 Å². The minimum atomic E-state index is -5.08. The molecule has 1 heterocycles. The zero-order valence-corrected chi connectivity index (χ0v) is 20.6. The average molecular weight is 584 g/mol. The fraction of sp³-hybridized carbons (Fsp3) is 0.0800. The number of aromatic hydroxyl groups is 1. The Morgan fingerprint density at radius 2 is 1.32 bits per heavy atom. The van der Waals surface area contributed by atoms with Gasteiger partial charge in [0.25, 0.3) is 0 Å². The van der Waals surface area contributed by atoms with Crippen molar-refractivity contribution in [1.82, 2.24) is 9.97 Å². The van der Waals surface area contributed by atoms with E-state index < -0.39 is 23.9 Å². The minimum absolute atomic E-state index is 0.0370. The normalized spacial score (nSPS) is 10.9. The molecule has 0 amide bonds. The zero-order valence-electron chi connectivity index (χ0n) is 20.6. The van der Waals surface area contributed by atoms with Crippen molar-refractivity contribution in [3.63, 3.8) is 0 Å². The highest BCUT2D eigenvalue weighted by Gasteiger charge is 2.38. The molecule has 0 radical (unpaired) electrons. The van der Waals surface area contributed by atoms with Crippen LogP contribution >= 0.6 is 0 Å². The van der Waals surface area contributed by atoms with E-state index in [4.69, 9.17) is 42.7 Å². The number of carboxylic acids is 1. The lowest BCUT2D eigenvalue weighted by Crippen LogP contribution is -2.21. The topological polar surface area (TPSA) is 197 Å². The van der Waals surface area contributed by atoms with Crippen LogP contribution in [0.25, 0.3) is 11.3 Å². The van der Waals surface area contributed by atoms with Crippen LogP contribution < -0.4 is 27.7 Å². The monoisotopic (exact) mass is 584 g/mol. The highest BCUT2D eigenvalue weighted by Crippen LogP contribution is 2.33. The Kier molecular flexibility index (Phi) is 10.2. The van der Waals surface area contributed by atoms with Crippen LogP contribution in [0.15, 0.2) is 73.1 Å². The van der Waals surface area contributed by atoms with Gasteiger partial charge in [-0.15, -0.1) is 0 Å². The number of nitrogens with zero attached hydrogens (tertiary/aromatic N) is 2. The van der Waals surface area contributed by atoms with Gasteiger partial charge >= 0.3 is 18.3 Å². The number of rotatable bonds is 3. The number of nitrogen functional groups attached to an aromatic ring is 4. The number of carbonyl (C=O) groups is 1. The second-order valence-electron chi connectivity index (χ2n) is 7.76. The number of hydrogen-bond acceptors (Lipinski definition) is 9. The summed E-state index contributed by atoms with van der Waals surface area (Å²) in [5.74, 6) is -2.19. The summed E-state index contributed by atoms with van der Waals surface area (Å²) in [6.45, 7) is 0. The second-order valence-corrected chi connectivity index (χ2v) is 7.76. The number of carboxylic acid groups (broad SMARTS) is 1. The van der Waals surface area contributed by atoms with Gasteiger partial charge in [0.2, 0.25) is 5.88 Å². The van der Waals surface area contributed by atoms with Crippen molar-refractivity contribution in [2.75, 3.05) is 22.9 Å². The quantitative estimate of drug-likeness (QED) is 0.104. The zero-order chi connectivity index (χ0) is 31.0. The number of alkyl halides is 6. The van der Waals surface area contributed by atoms with E-state index in [1.165, 1.54) is 30.6 Å². The maximum absolute atomic E-state index is 12.6. The van der Waals surface area contributed by atoms with Gasteiger partial charge in [-0.3, -0.25) is 0 Å². The number of hydrogen-bond donors (Lipinski definition) is 6. The Morgan fingerprint density at radius 1 is 0.780 bits per heavy atom. The summed E-state index contributed by atoms with van der Waals surface area (Å²) in [5.41, 5.74) is 23.7. The fourth-order valence-electron chi connectivity index (χ4n) is 2.72. The number of phenols is 1. The summed E-state index contributed by atoms with van der Waals surface area (Å²) in [6.07, 6.45) is -8.21. The summed E-state index contributed by atoms with van der Waals surface area (Å²) >= 11 is 0. The molecule has 218 valence electrons. The lowest BCUT2D eigenvalue weighted by atomic mass is 10.1. The number of halogens is 6. The first kappa shape index (κ1) is 31.8. The highest BCUT2D eigenvalue weighted by atomic mass is 19.4. The molecule has 0 fully saturated rings. The van der Waals surface area contributed by atoms with Crippen molar-refractivity contribution < 1.29 is 46.1 Å². The van der Waals surface area contributed by atoms with Crippen LogP contribution in [0, 0.1) is 0 Å². The molecule has 3 aromatic carbocycles. The molecule has 1 aromatic heterocycles. The average Bonchev–Trinajstić information content (AvgIpc) is 2.90. The van der Waals surface area contributed by atoms with Crippen molar-refractivity contribution in [1.29, 1.82) is 0 Å². The van der Waals surface area contributed by atoms with Crippen LogP contribution in [0.1, 0.15) is 5.56 Å². The number of phenolic OH excluding ortho intramolecular Hbond substituents is 1. The first-order chi connectivity index (χ1) is 19.0. The van der Waals surface area contributed by atoms with Gasteiger partial charge in [-0.1, -0.05) is 24.3 Å². The summed E-state index contributed by atoms with van der Waals surface area (Å²) in [4.78, 5) is 16.9. The Balaban J connectivity index is 0.000000300. The van der Waals surface area contributed by atoms with Crippen molar-refractivity contribution >= 4 is 28.7 Å². The Morgan fingerprint density at radius 3 is 1.80 bits per heavy atom. The van der Waals surface area contributed by atoms with Gasteiger partial charge in [0.15, 0.2) is 5.75 Å². The number of nitrogens with two attached hydrogens (primary N) is 4. The van der Waals surface area contributed by atoms with Crippen LogP contribution in [-0.4, -0.2) is 32.3 Å². The number of ether oxygens (including phenoxy) is 1. The number of aliphatic carboxylic acids is 1. The van der Waals surface area contributed by atoms with E-state index in [1.807, 2.05) is 0 Å². The molecular formula is C25H22F6N6O4. The molecule has 0 spiro atoms. The molecule has 41 heavy (non-hydrogen) atoms. The molecule has 0 aliphatic carbocycles. The molecule has 16 heteroatoms. The maximum Gasteiger partial charge on any atom is 0.490 e. The van der Waals surface area contributed by atoms with Crippen LogP contribution in [0.2, 0.25) is 0 Å². The molecule has 0 bridgehead atoms. The molecule has 10 N–H and O–H groups in total. The van der Waals surface area contributed by atoms with E-state index in [1.54, 1.807) is 30.3 Å². The number of anilines is 4. The molecule has 4 aromatic rings. The smallest absolute Gasteiger partial charge is 0.490 e. The van der Waals surface area contributed by atoms with E-state index in [2.05, 4.69) is 9.97 Å². The van der Waals surface area contributed by atoms with Crippen molar-refractivity contribution in [3.05, 3.63) is 78.6 Å². The Hall–Kier alpha value is -5.41. The van der Waals surface area contributed by atoms with E-state index in [9.17, 15) is 26.3 Å². The van der Waals surface area contributed by atoms with E-state index in [-0.39, 0.29) is 23.0 Å². The molecule has 0 saturated heterocycles. The first-order valence-electron chi connectivity index (χ1n) is 10.9. The van der Waals surface area contributed by atoms with Crippen molar-refractivity contribution in [2.24, 2.45) is 0 Å². The first-order valence-corrected chi connectivity index (χ1v) is 10.9. The molecule has 0 saturated carbocycles. The Bertz CT molecular complexity index is 1460. The summed E-state index contributed by atoms with van der Waals surface area (Å²) < 4.78 is 75.2. The van der Waals surface area contributed by atoms with Crippen LogP contribution in [0.5, 0.6) is 17.4 Å². The largest absolute Gasteiger partial charge is 0.506 e. The maximum atomic E-state index is 12.6. The van der Waals surface area contributed by atoms with Crippen LogP contribution in [0.4, 0.5) is 49.1 Å². The number of aromatic nitrogens is 2. The molecule has 4 rings (SSSR count). The summed E-state index contributed by atoms with van der Waals surface area (Å²) in [6, 6.07) is 15.9. The standard InChI is InChI=1S/C17H13F3N4O.C6H8N2O.C2HF3O2/c18-17(19,20)11-6-4-10(5-7-11)13-8-15(24-9-23-13)25-14-3-1-2-12(21)16(14)22;7-4-2-1-3-5(9)6(4)8;3-2(4,5)1(6)7/h1-9H,21-22H2;1-3,9H,7-8H2;(H,6,7). The molecule has 0 atom stereocenters. The summed E-state index contributed by atoms with van der Waals surface area (Å²) in [7, 11) is 0. The lowest BCUT2D eigenvalue weighted by molar-refractivity contribution is -0.192. The van der Waals surface area contributed by atoms with Crippen molar-refractivity contribution in [2.45, 2.75) is 12.4 Å². The predicted molar refractivity (Wildman–Crippen MR) is 138 cm³/mol. The third-order valence-corrected chi connectivity index (χ3v) is 4.82. The van der Waals surface area contributed by atoms with Gasteiger partial charge in [-0.2, -0.15) is 26.3 Å². The molecular weight excluding hydrogens is 562 g/mol. The third-order valence-electron chi connectivity index (χ3n) is 4.82. The second kappa shape index (κ2) is 13.1. The fourth-order valence-corrected chi connectivity index (χ4v) is 2.72. The number of benzene rings is 3. The van der Waals surface area contributed by atoms with Gasteiger partial charge in [-0.05, 0) is 36.4 Å². The lowest BCUT2D eigenvalue weighted by Gasteiger charge is -2.10. The van der Waals surface area contributed by atoms with Gasteiger partial charge in [-0.25, -0.2) is 14.8 Å². The molecule has 10 nitrogen and oxygen atoms in total. The highest BCUT2D eigenvalue weighted by molar-refractivity contribution is 5.73. The van der Waals surface area contributed by atoms with E-state index in [0.717, 1.165) is 12.1 Å². The van der Waals surface area contributed by atoms with Gasteiger partial charge in [0.05, 0.1) is 34.0 Å². The van der Waals surface area contributed by atoms with Crippen LogP contribution in [0.3, 0.4) is 0 Å². The third kappa shape index (κ3) is 9.38. The molecule has 0 aliphatic rings. The number of para-hydroxylation sites is 2. The minimum Gasteiger partial charge on any atom is -0.506 e. The van der Waals surface area contributed by atoms with Crippen molar-refractivity contribution in [3.8, 4) is 28.6 Å². The van der Waals surface area contributed by atoms with Gasteiger partial charge < -0.3 is 37.9 Å². The molecule has 0 aliphatic heterocycles.